The second-order valence-electron chi connectivity index (χ2n) is 6.58. The normalized spacial score (nSPS) is 14.9. The average molecular weight is 350 g/mol. The maximum Gasteiger partial charge on any atom is 0.223 e. The molecule has 128 valence electrons. The van der Waals surface area contributed by atoms with Gasteiger partial charge in [-0.25, -0.2) is 15.0 Å². The van der Waals surface area contributed by atoms with Crippen molar-refractivity contribution in [3.8, 4) is 0 Å². The first-order valence-electron chi connectivity index (χ1n) is 8.84. The molecule has 0 bridgehead atoms. The summed E-state index contributed by atoms with van der Waals surface area (Å²) in [6, 6.07) is 6.90. The number of aromatic nitrogens is 3. The fourth-order valence-corrected chi connectivity index (χ4v) is 4.03. The molecule has 1 atom stereocenters. The highest BCUT2D eigenvalue weighted by atomic mass is 32.1. The predicted molar refractivity (Wildman–Crippen MR) is 105 cm³/mol. The lowest BCUT2D eigenvalue weighted by atomic mass is 9.91. The van der Waals surface area contributed by atoms with Gasteiger partial charge in [0.15, 0.2) is 0 Å². The second-order valence-corrected chi connectivity index (χ2v) is 7.81. The summed E-state index contributed by atoms with van der Waals surface area (Å²) in [6.07, 6.45) is 7.32. The minimum Gasteiger partial charge on any atom is -0.352 e. The minimum absolute atomic E-state index is 0.383. The Morgan fingerprint density at radius 3 is 3.00 bits per heavy atom. The molecule has 25 heavy (non-hydrogen) atoms. The average Bonchev–Trinajstić information content (AvgIpc) is 3.00. The van der Waals surface area contributed by atoms with Crippen molar-refractivity contribution in [2.24, 2.45) is 0 Å². The quantitative estimate of drug-likeness (QED) is 0.721. The highest BCUT2D eigenvalue weighted by Gasteiger charge is 2.18. The van der Waals surface area contributed by atoms with Gasteiger partial charge in [-0.1, -0.05) is 19.1 Å². The summed E-state index contributed by atoms with van der Waals surface area (Å²) in [6.45, 7) is 6.37. The minimum atomic E-state index is 0.383. The Morgan fingerprint density at radius 1 is 1.28 bits per heavy atom. The van der Waals surface area contributed by atoms with E-state index >= 15 is 0 Å². The van der Waals surface area contributed by atoms with Gasteiger partial charge in [-0.2, -0.15) is 0 Å². The Balaban J connectivity index is 1.71. The fraction of sp³-hybridized carbons (Fsp3) is 0.350. The number of aryl methyl sites for hydroxylation is 2. The molecule has 1 N–H and O–H groups in total. The topological polar surface area (TPSA) is 50.7 Å². The molecule has 0 saturated carbocycles. The van der Waals surface area contributed by atoms with Crippen LogP contribution < -0.4 is 5.32 Å². The fourth-order valence-electron chi connectivity index (χ4n) is 3.17. The molecule has 4 nitrogen and oxygen atoms in total. The standard InChI is InChI=1S/C20H22N4S/c1-4-12(2)22-20-21-11-16-15(6-5-7-17(16)24-20)14-8-9-18-19(10-14)25-13(3)23-18/h6,8-12H,4-5,7H2,1-3H3,(H,21,22,24)/t12-/m0/s1. The molecular formula is C20H22N4S. The molecular weight excluding hydrogens is 328 g/mol. The van der Waals surface area contributed by atoms with Gasteiger partial charge in [-0.05, 0) is 56.4 Å². The molecule has 2 heterocycles. The van der Waals surface area contributed by atoms with Crippen LogP contribution in [0.4, 0.5) is 5.95 Å². The molecule has 4 rings (SSSR count). The lowest BCUT2D eigenvalue weighted by Crippen LogP contribution is -2.17. The molecule has 2 aromatic heterocycles. The van der Waals surface area contributed by atoms with Crippen molar-refractivity contribution in [1.29, 1.82) is 0 Å². The summed E-state index contributed by atoms with van der Waals surface area (Å²) in [5.74, 6) is 0.739. The molecule has 0 fully saturated rings. The van der Waals surface area contributed by atoms with Gasteiger partial charge in [0.25, 0.3) is 0 Å². The molecule has 1 aliphatic carbocycles. The number of thiazole rings is 1. The maximum atomic E-state index is 4.77. The number of anilines is 1. The Hall–Kier alpha value is -2.27. The third-order valence-electron chi connectivity index (χ3n) is 4.68. The van der Waals surface area contributed by atoms with Gasteiger partial charge in [0.2, 0.25) is 5.95 Å². The zero-order chi connectivity index (χ0) is 17.4. The van der Waals surface area contributed by atoms with Crippen molar-refractivity contribution in [2.45, 2.75) is 46.1 Å². The van der Waals surface area contributed by atoms with Crippen LogP contribution in [0.1, 0.15) is 48.5 Å². The number of rotatable bonds is 4. The lowest BCUT2D eigenvalue weighted by Gasteiger charge is -2.19. The Labute approximate surface area is 152 Å². The van der Waals surface area contributed by atoms with Gasteiger partial charge in [0.05, 0.1) is 20.9 Å². The van der Waals surface area contributed by atoms with E-state index in [1.807, 2.05) is 6.20 Å². The number of fused-ring (bicyclic) bond motifs is 2. The number of nitrogens with one attached hydrogen (secondary N) is 1. The van der Waals surface area contributed by atoms with Crippen LogP contribution in [-0.2, 0) is 6.42 Å². The Bertz CT molecular complexity index is 957. The van der Waals surface area contributed by atoms with Crippen LogP contribution in [0.5, 0.6) is 0 Å². The summed E-state index contributed by atoms with van der Waals surface area (Å²) < 4.78 is 1.24. The molecule has 1 aromatic carbocycles. The molecule has 0 radical (unpaired) electrons. The van der Waals surface area contributed by atoms with Crippen molar-refractivity contribution in [2.75, 3.05) is 5.32 Å². The van der Waals surface area contributed by atoms with Crippen LogP contribution in [-0.4, -0.2) is 21.0 Å². The first-order valence-corrected chi connectivity index (χ1v) is 9.66. The van der Waals surface area contributed by atoms with E-state index in [9.17, 15) is 0 Å². The third kappa shape index (κ3) is 3.16. The van der Waals surface area contributed by atoms with Crippen LogP contribution in [0.15, 0.2) is 30.5 Å². The smallest absolute Gasteiger partial charge is 0.223 e. The van der Waals surface area contributed by atoms with E-state index in [0.29, 0.717) is 6.04 Å². The van der Waals surface area contributed by atoms with Crippen molar-refractivity contribution < 1.29 is 0 Å². The van der Waals surface area contributed by atoms with Gasteiger partial charge in [-0.15, -0.1) is 11.3 Å². The van der Waals surface area contributed by atoms with Gasteiger partial charge >= 0.3 is 0 Å². The molecule has 0 spiro atoms. The number of allylic oxidation sites excluding steroid dienone is 1. The van der Waals surface area contributed by atoms with Crippen molar-refractivity contribution in [1.82, 2.24) is 15.0 Å². The highest BCUT2D eigenvalue weighted by Crippen LogP contribution is 2.33. The SMILES string of the molecule is CC[C@H](C)Nc1ncc2c(n1)CCC=C2c1ccc2nc(C)sc2c1. The van der Waals surface area contributed by atoms with Crippen LogP contribution in [0, 0.1) is 6.92 Å². The largest absolute Gasteiger partial charge is 0.352 e. The van der Waals surface area contributed by atoms with Crippen molar-refractivity contribution in [3.63, 3.8) is 0 Å². The number of benzene rings is 1. The maximum absolute atomic E-state index is 4.77. The van der Waals surface area contributed by atoms with Crippen LogP contribution in [0.2, 0.25) is 0 Å². The summed E-state index contributed by atoms with van der Waals surface area (Å²) >= 11 is 1.74. The molecule has 5 heteroatoms. The molecule has 3 aromatic rings. The first kappa shape index (κ1) is 16.2. The van der Waals surface area contributed by atoms with E-state index in [4.69, 9.17) is 4.98 Å². The molecule has 0 aliphatic heterocycles. The Kier molecular flexibility index (Phi) is 4.25. The Morgan fingerprint density at radius 2 is 2.16 bits per heavy atom. The summed E-state index contributed by atoms with van der Waals surface area (Å²) in [4.78, 5) is 13.9. The summed E-state index contributed by atoms with van der Waals surface area (Å²) in [5, 5.41) is 4.48. The zero-order valence-electron chi connectivity index (χ0n) is 14.8. The molecule has 0 saturated heterocycles. The van der Waals surface area contributed by atoms with Crippen molar-refractivity contribution >= 4 is 33.1 Å². The number of hydrogen-bond donors (Lipinski definition) is 1. The predicted octanol–water partition coefficient (Wildman–Crippen LogP) is 4.98. The van der Waals surface area contributed by atoms with Crippen LogP contribution in [0.3, 0.4) is 0 Å². The van der Waals surface area contributed by atoms with Crippen LogP contribution in [0.25, 0.3) is 15.8 Å². The van der Waals surface area contributed by atoms with Crippen LogP contribution >= 0.6 is 11.3 Å². The van der Waals surface area contributed by atoms with E-state index in [2.05, 4.69) is 60.3 Å². The van der Waals surface area contributed by atoms with Crippen molar-refractivity contribution in [3.05, 3.63) is 52.3 Å². The van der Waals surface area contributed by atoms with Gasteiger partial charge in [-0.3, -0.25) is 0 Å². The summed E-state index contributed by atoms with van der Waals surface area (Å²) in [5.41, 5.74) is 5.83. The molecule has 1 aliphatic rings. The monoisotopic (exact) mass is 350 g/mol. The van der Waals surface area contributed by atoms with E-state index in [1.54, 1.807) is 11.3 Å². The lowest BCUT2D eigenvalue weighted by molar-refractivity contribution is 0.748. The first-order chi connectivity index (χ1) is 12.1. The summed E-state index contributed by atoms with van der Waals surface area (Å²) in [7, 11) is 0. The number of nitrogens with zero attached hydrogens (tertiary/aromatic N) is 3. The second kappa shape index (κ2) is 6.56. The van der Waals surface area contributed by atoms with Gasteiger partial charge in [0.1, 0.15) is 0 Å². The van der Waals surface area contributed by atoms with Gasteiger partial charge < -0.3 is 5.32 Å². The van der Waals surface area contributed by atoms with E-state index in [1.165, 1.54) is 15.8 Å². The van der Waals surface area contributed by atoms with Gasteiger partial charge in [0, 0.05) is 17.8 Å². The molecule has 0 unspecified atom stereocenters. The van der Waals surface area contributed by atoms with E-state index in [0.717, 1.165) is 47.0 Å². The third-order valence-corrected chi connectivity index (χ3v) is 5.62. The molecule has 0 amide bonds. The highest BCUT2D eigenvalue weighted by molar-refractivity contribution is 7.18. The number of hydrogen-bond acceptors (Lipinski definition) is 5. The van der Waals surface area contributed by atoms with E-state index < -0.39 is 0 Å². The zero-order valence-corrected chi connectivity index (χ0v) is 15.7. The van der Waals surface area contributed by atoms with E-state index in [-0.39, 0.29) is 0 Å².